The summed E-state index contributed by atoms with van der Waals surface area (Å²) in [6, 6.07) is 38.2. The number of amides is 1. The number of pyridine rings is 1. The number of aryl methyl sites for hydroxylation is 1. The fourth-order valence-corrected chi connectivity index (χ4v) is 4.69. The van der Waals surface area contributed by atoms with Crippen LogP contribution in [0.2, 0.25) is 0 Å². The molecule has 0 spiro atoms. The molecule has 0 unspecified atom stereocenters. The molecule has 0 saturated carbocycles. The topological polar surface area (TPSA) is 42.0 Å². The number of carbonyl (C=O) groups is 1. The molecule has 1 N–H and O–H groups in total. The van der Waals surface area contributed by atoms with Crippen molar-refractivity contribution in [1.29, 1.82) is 0 Å². The number of fused-ring (bicyclic) bond motifs is 1. The summed E-state index contributed by atoms with van der Waals surface area (Å²) >= 11 is 0. The van der Waals surface area contributed by atoms with Crippen molar-refractivity contribution in [3.05, 3.63) is 144 Å². The van der Waals surface area contributed by atoms with Gasteiger partial charge in [0.05, 0.1) is 11.2 Å². The van der Waals surface area contributed by atoms with Crippen LogP contribution in [0.1, 0.15) is 22.3 Å². The zero-order chi connectivity index (χ0) is 23.4. The third-order valence-corrected chi connectivity index (χ3v) is 6.52. The fourth-order valence-electron chi connectivity index (χ4n) is 4.69. The van der Waals surface area contributed by atoms with Gasteiger partial charge in [0.15, 0.2) is 0 Å². The predicted octanol–water partition coefficient (Wildman–Crippen LogP) is 6.71. The summed E-state index contributed by atoms with van der Waals surface area (Å²) < 4.78 is 0. The summed E-state index contributed by atoms with van der Waals surface area (Å²) in [6.07, 6.45) is 2.30. The zero-order valence-corrected chi connectivity index (χ0v) is 19.1. The van der Waals surface area contributed by atoms with E-state index in [1.807, 2.05) is 103 Å². The highest BCUT2D eigenvalue weighted by Crippen LogP contribution is 2.38. The van der Waals surface area contributed by atoms with Gasteiger partial charge in [-0.15, -0.1) is 0 Å². The minimum absolute atomic E-state index is 0.0775. The van der Waals surface area contributed by atoms with Crippen molar-refractivity contribution in [1.82, 2.24) is 4.98 Å². The Morgan fingerprint density at radius 3 is 2.03 bits per heavy atom. The van der Waals surface area contributed by atoms with E-state index in [4.69, 9.17) is 0 Å². The Labute approximate surface area is 200 Å². The predicted molar refractivity (Wildman–Crippen MR) is 139 cm³/mol. The van der Waals surface area contributed by atoms with Crippen LogP contribution in [0, 0.1) is 6.92 Å². The molecule has 34 heavy (non-hydrogen) atoms. The number of hydrogen-bond acceptors (Lipinski definition) is 2. The van der Waals surface area contributed by atoms with Gasteiger partial charge in [0.25, 0.3) is 0 Å². The van der Waals surface area contributed by atoms with E-state index >= 15 is 0 Å². The van der Waals surface area contributed by atoms with Gasteiger partial charge in [-0.05, 0) is 47.7 Å². The zero-order valence-electron chi connectivity index (χ0n) is 19.1. The molecular formula is C31H26N2O. The molecule has 3 nitrogen and oxygen atoms in total. The van der Waals surface area contributed by atoms with Crippen LogP contribution in [0.3, 0.4) is 0 Å². The Morgan fingerprint density at radius 2 is 1.35 bits per heavy atom. The summed E-state index contributed by atoms with van der Waals surface area (Å²) in [4.78, 5) is 19.0. The molecule has 5 rings (SSSR count). The van der Waals surface area contributed by atoms with Crippen LogP contribution in [0.15, 0.2) is 121 Å². The molecule has 166 valence electrons. The Hall–Kier alpha value is -4.24. The fraction of sp³-hybridized carbons (Fsp3) is 0.0968. The van der Waals surface area contributed by atoms with Crippen LogP contribution >= 0.6 is 0 Å². The summed E-state index contributed by atoms with van der Waals surface area (Å²) in [6.45, 7) is 2.10. The van der Waals surface area contributed by atoms with Crippen molar-refractivity contribution in [3.63, 3.8) is 0 Å². The van der Waals surface area contributed by atoms with Crippen molar-refractivity contribution in [2.75, 3.05) is 5.32 Å². The largest absolute Gasteiger partial charge is 0.323 e. The Balaban J connectivity index is 1.71. The quantitative estimate of drug-likeness (QED) is 0.317. The van der Waals surface area contributed by atoms with Gasteiger partial charge < -0.3 is 5.32 Å². The monoisotopic (exact) mass is 442 g/mol. The average molecular weight is 443 g/mol. The lowest BCUT2D eigenvalue weighted by Gasteiger charge is -2.34. The molecule has 4 aromatic carbocycles. The van der Waals surface area contributed by atoms with Crippen molar-refractivity contribution in [3.8, 4) is 0 Å². The molecule has 1 aromatic heterocycles. The number of hydrogen-bond donors (Lipinski definition) is 1. The average Bonchev–Trinajstić information content (AvgIpc) is 2.89. The van der Waals surface area contributed by atoms with E-state index in [0.717, 1.165) is 27.6 Å². The number of benzene rings is 4. The molecule has 0 fully saturated rings. The number of para-hydroxylation sites is 1. The molecule has 1 heterocycles. The minimum atomic E-state index is -0.925. The molecule has 0 atom stereocenters. The lowest BCUT2D eigenvalue weighted by molar-refractivity contribution is -0.120. The molecule has 0 aliphatic heterocycles. The van der Waals surface area contributed by atoms with Gasteiger partial charge in [-0.25, -0.2) is 0 Å². The maximum Gasteiger partial charge on any atom is 0.239 e. The Bertz CT molecular complexity index is 1380. The normalized spacial score (nSPS) is 11.3. The van der Waals surface area contributed by atoms with Gasteiger partial charge in [-0.3, -0.25) is 9.78 Å². The highest BCUT2D eigenvalue weighted by molar-refractivity contribution is 6.06. The van der Waals surface area contributed by atoms with Gasteiger partial charge in [0.1, 0.15) is 5.41 Å². The van der Waals surface area contributed by atoms with Crippen molar-refractivity contribution >= 4 is 22.5 Å². The van der Waals surface area contributed by atoms with E-state index in [1.165, 1.54) is 5.56 Å². The third-order valence-electron chi connectivity index (χ3n) is 6.52. The highest BCUT2D eigenvalue weighted by atomic mass is 16.2. The third kappa shape index (κ3) is 3.97. The number of nitrogens with zero attached hydrogens (tertiary/aromatic N) is 1. The molecule has 0 bridgehead atoms. The van der Waals surface area contributed by atoms with E-state index in [-0.39, 0.29) is 5.91 Å². The van der Waals surface area contributed by atoms with Gasteiger partial charge in [-0.2, -0.15) is 0 Å². The second-order valence-corrected chi connectivity index (χ2v) is 8.58. The number of carbonyl (C=O) groups excluding carboxylic acids is 1. The van der Waals surface area contributed by atoms with Gasteiger partial charge in [-0.1, -0.05) is 103 Å². The van der Waals surface area contributed by atoms with Crippen LogP contribution in [-0.2, 0) is 16.6 Å². The van der Waals surface area contributed by atoms with Gasteiger partial charge in [0.2, 0.25) is 5.91 Å². The Kier molecular flexibility index (Phi) is 5.92. The molecular weight excluding hydrogens is 416 g/mol. The summed E-state index contributed by atoms with van der Waals surface area (Å²) in [7, 11) is 0. The standard InChI is InChI=1S/C31H26N2O/c1-23-12-8-9-13-25(23)22-31(26-16-4-2-5-17-26,27-18-6-3-7-19-27)30(34)33-28-20-10-14-24-15-11-21-32-29(24)28/h2-21H,22H2,1H3,(H,33,34). The molecule has 0 saturated heterocycles. The van der Waals surface area contributed by atoms with Gasteiger partial charge >= 0.3 is 0 Å². The first kappa shape index (κ1) is 21.6. The van der Waals surface area contributed by atoms with Crippen LogP contribution in [0.4, 0.5) is 5.69 Å². The molecule has 3 heteroatoms. The molecule has 5 aromatic rings. The maximum atomic E-state index is 14.5. The first-order valence-electron chi connectivity index (χ1n) is 11.5. The molecule has 1 amide bonds. The number of aromatic nitrogens is 1. The van der Waals surface area contributed by atoms with Crippen LogP contribution in [0.5, 0.6) is 0 Å². The summed E-state index contributed by atoms with van der Waals surface area (Å²) in [5.41, 5.74) is 4.78. The lowest BCUT2D eigenvalue weighted by atomic mass is 9.69. The minimum Gasteiger partial charge on any atom is -0.323 e. The van der Waals surface area contributed by atoms with Crippen LogP contribution in [0.25, 0.3) is 10.9 Å². The van der Waals surface area contributed by atoms with Crippen LogP contribution < -0.4 is 5.32 Å². The maximum absolute atomic E-state index is 14.5. The van der Waals surface area contributed by atoms with E-state index in [1.54, 1.807) is 6.20 Å². The summed E-state index contributed by atoms with van der Waals surface area (Å²) in [5.74, 6) is -0.0775. The second-order valence-electron chi connectivity index (χ2n) is 8.58. The lowest BCUT2D eigenvalue weighted by Crippen LogP contribution is -2.43. The number of nitrogens with one attached hydrogen (secondary N) is 1. The van der Waals surface area contributed by atoms with E-state index in [9.17, 15) is 4.79 Å². The molecule has 0 aliphatic rings. The summed E-state index contributed by atoms with van der Waals surface area (Å²) in [5, 5.41) is 4.25. The highest BCUT2D eigenvalue weighted by Gasteiger charge is 2.42. The molecule has 0 radical (unpaired) electrons. The number of rotatable bonds is 6. The van der Waals surface area contributed by atoms with E-state index in [0.29, 0.717) is 12.1 Å². The number of anilines is 1. The first-order valence-corrected chi connectivity index (χ1v) is 11.5. The van der Waals surface area contributed by atoms with E-state index in [2.05, 4.69) is 29.4 Å². The van der Waals surface area contributed by atoms with Crippen LogP contribution in [-0.4, -0.2) is 10.9 Å². The smallest absolute Gasteiger partial charge is 0.239 e. The van der Waals surface area contributed by atoms with Gasteiger partial charge in [0, 0.05) is 11.6 Å². The van der Waals surface area contributed by atoms with E-state index < -0.39 is 5.41 Å². The Morgan fingerprint density at radius 1 is 0.735 bits per heavy atom. The second kappa shape index (κ2) is 9.32. The van der Waals surface area contributed by atoms with Crippen molar-refractivity contribution < 1.29 is 4.79 Å². The van der Waals surface area contributed by atoms with Crippen molar-refractivity contribution in [2.45, 2.75) is 18.8 Å². The first-order chi connectivity index (χ1) is 16.7. The molecule has 0 aliphatic carbocycles. The SMILES string of the molecule is Cc1ccccc1CC(C(=O)Nc1cccc2cccnc12)(c1ccccc1)c1ccccc1. The van der Waals surface area contributed by atoms with Crippen molar-refractivity contribution in [2.24, 2.45) is 0 Å².